The van der Waals surface area contributed by atoms with Crippen LogP contribution >= 0.6 is 0 Å². The molecule has 0 spiro atoms. The van der Waals surface area contributed by atoms with Gasteiger partial charge >= 0.3 is 0 Å². The molecule has 0 aliphatic heterocycles. The molecule has 0 aromatic rings. The van der Waals surface area contributed by atoms with Crippen molar-refractivity contribution >= 4 is 0 Å². The van der Waals surface area contributed by atoms with Crippen molar-refractivity contribution in [2.45, 2.75) is 65.7 Å². The highest BCUT2D eigenvalue weighted by Crippen LogP contribution is 2.37. The topological polar surface area (TPSA) is 0 Å². The zero-order chi connectivity index (χ0) is 9.45. The number of hydrogen-bond acceptors (Lipinski definition) is 0. The van der Waals surface area contributed by atoms with Crippen molar-refractivity contribution < 1.29 is 0 Å². The van der Waals surface area contributed by atoms with Crippen LogP contribution in [0.3, 0.4) is 0 Å². The molecule has 12 heavy (non-hydrogen) atoms. The van der Waals surface area contributed by atoms with Crippen molar-refractivity contribution in [3.8, 4) is 0 Å². The van der Waals surface area contributed by atoms with Crippen LogP contribution in [0.15, 0.2) is 0 Å². The maximum atomic E-state index is 3.97. The Kier molecular flexibility index (Phi) is 6.51. The lowest BCUT2D eigenvalue weighted by molar-refractivity contribution is 0.213. The van der Waals surface area contributed by atoms with Crippen LogP contribution in [0.2, 0.25) is 0 Å². The third kappa shape index (κ3) is 3.60. The highest BCUT2D eigenvalue weighted by molar-refractivity contribution is 4.76. The van der Waals surface area contributed by atoms with Gasteiger partial charge in [-0.2, -0.15) is 0 Å². The first-order chi connectivity index (χ1) is 5.74. The summed E-state index contributed by atoms with van der Waals surface area (Å²) in [4.78, 5) is 0. The van der Waals surface area contributed by atoms with E-state index in [9.17, 15) is 0 Å². The molecule has 0 aromatic carbocycles. The van der Waals surface area contributed by atoms with E-state index < -0.39 is 0 Å². The van der Waals surface area contributed by atoms with E-state index in [1.165, 1.54) is 38.5 Å². The molecule has 0 unspecified atom stereocenters. The van der Waals surface area contributed by atoms with E-state index in [0.717, 1.165) is 6.42 Å². The second kappa shape index (κ2) is 6.51. The predicted molar refractivity (Wildman–Crippen MR) is 57.1 cm³/mol. The average molecular weight is 169 g/mol. The summed E-state index contributed by atoms with van der Waals surface area (Å²) in [7, 11) is 0. The lowest BCUT2D eigenvalue weighted by atomic mass is 9.74. The van der Waals surface area contributed by atoms with Gasteiger partial charge in [0.2, 0.25) is 0 Å². The molecule has 0 rings (SSSR count). The molecule has 0 aromatic heterocycles. The quantitative estimate of drug-likeness (QED) is 0.522. The highest BCUT2D eigenvalue weighted by atomic mass is 14.3. The van der Waals surface area contributed by atoms with Crippen LogP contribution in [0.4, 0.5) is 0 Å². The van der Waals surface area contributed by atoms with Crippen molar-refractivity contribution in [2.24, 2.45) is 5.41 Å². The lowest BCUT2D eigenvalue weighted by Gasteiger charge is -2.31. The van der Waals surface area contributed by atoms with Crippen LogP contribution in [0.25, 0.3) is 0 Å². The second-order valence-electron chi connectivity index (χ2n) is 3.91. The van der Waals surface area contributed by atoms with E-state index in [2.05, 4.69) is 27.7 Å². The monoisotopic (exact) mass is 169 g/mol. The van der Waals surface area contributed by atoms with Gasteiger partial charge in [-0.05, 0) is 18.3 Å². The molecule has 1 radical (unpaired) electrons. The van der Waals surface area contributed by atoms with Gasteiger partial charge in [0.05, 0.1) is 0 Å². The molecule has 0 amide bonds. The van der Waals surface area contributed by atoms with E-state index in [4.69, 9.17) is 0 Å². The standard InChI is InChI=1S/C12H25/c1-5-9-11-12(7-3,8-4)10-6-2/h2,5-11H2,1,3-4H3. The summed E-state index contributed by atoms with van der Waals surface area (Å²) in [5, 5.41) is 0. The summed E-state index contributed by atoms with van der Waals surface area (Å²) in [6.45, 7) is 10.9. The van der Waals surface area contributed by atoms with Crippen molar-refractivity contribution in [1.82, 2.24) is 0 Å². The van der Waals surface area contributed by atoms with E-state index >= 15 is 0 Å². The molecule has 0 heteroatoms. The molecule has 0 aliphatic rings. The Morgan fingerprint density at radius 1 is 1.00 bits per heavy atom. The van der Waals surface area contributed by atoms with Crippen molar-refractivity contribution in [3.63, 3.8) is 0 Å². The number of unbranched alkanes of at least 4 members (excludes halogenated alkanes) is 1. The zero-order valence-corrected chi connectivity index (χ0v) is 9.16. The van der Waals surface area contributed by atoms with E-state index in [0.29, 0.717) is 5.41 Å². The fourth-order valence-electron chi connectivity index (χ4n) is 2.01. The molecule has 0 N–H and O–H groups in total. The van der Waals surface area contributed by atoms with Gasteiger partial charge in [0.15, 0.2) is 0 Å². The Bertz CT molecular complexity index is 90.2. The van der Waals surface area contributed by atoms with Crippen molar-refractivity contribution in [2.75, 3.05) is 0 Å². The van der Waals surface area contributed by atoms with Crippen LogP contribution in [-0.4, -0.2) is 0 Å². The van der Waals surface area contributed by atoms with Gasteiger partial charge in [-0.15, -0.1) is 0 Å². The van der Waals surface area contributed by atoms with Crippen molar-refractivity contribution in [3.05, 3.63) is 6.92 Å². The first kappa shape index (κ1) is 12.0. The van der Waals surface area contributed by atoms with E-state index in [1.54, 1.807) is 0 Å². The Labute approximate surface area is 78.8 Å². The summed E-state index contributed by atoms with van der Waals surface area (Å²) in [6.07, 6.45) is 9.22. The third-order valence-electron chi connectivity index (χ3n) is 3.27. The van der Waals surface area contributed by atoms with Gasteiger partial charge in [0, 0.05) is 0 Å². The summed E-state index contributed by atoms with van der Waals surface area (Å²) in [6, 6.07) is 0. The van der Waals surface area contributed by atoms with Crippen LogP contribution in [-0.2, 0) is 0 Å². The minimum Gasteiger partial charge on any atom is -0.0654 e. The lowest BCUT2D eigenvalue weighted by Crippen LogP contribution is -2.18. The zero-order valence-electron chi connectivity index (χ0n) is 9.16. The molecule has 0 aliphatic carbocycles. The molecule has 0 fully saturated rings. The third-order valence-corrected chi connectivity index (χ3v) is 3.27. The minimum absolute atomic E-state index is 0.623. The maximum absolute atomic E-state index is 3.97. The smallest absolute Gasteiger partial charge is 0.0303 e. The molecule has 0 saturated heterocycles. The average Bonchev–Trinajstić information content (AvgIpc) is 2.13. The summed E-state index contributed by atoms with van der Waals surface area (Å²) in [5.41, 5.74) is 0.623. The highest BCUT2D eigenvalue weighted by Gasteiger charge is 2.23. The number of rotatable bonds is 7. The Balaban J connectivity index is 3.95. The Morgan fingerprint density at radius 2 is 1.58 bits per heavy atom. The fraction of sp³-hybridized carbons (Fsp3) is 0.917. The van der Waals surface area contributed by atoms with Gasteiger partial charge < -0.3 is 0 Å². The molecule has 0 atom stereocenters. The van der Waals surface area contributed by atoms with Crippen LogP contribution in [0, 0.1) is 12.3 Å². The normalized spacial score (nSPS) is 12.0. The summed E-state index contributed by atoms with van der Waals surface area (Å²) < 4.78 is 0. The van der Waals surface area contributed by atoms with Gasteiger partial charge in [0.25, 0.3) is 0 Å². The number of hydrogen-bond donors (Lipinski definition) is 0. The van der Waals surface area contributed by atoms with Crippen LogP contribution in [0.1, 0.15) is 65.7 Å². The molecular formula is C12H25. The van der Waals surface area contributed by atoms with E-state index in [1.807, 2.05) is 0 Å². The Morgan fingerprint density at radius 3 is 1.92 bits per heavy atom. The minimum atomic E-state index is 0.623. The SMILES string of the molecule is [CH2]CCC(CC)(CC)CCCC. The van der Waals surface area contributed by atoms with Crippen molar-refractivity contribution in [1.29, 1.82) is 0 Å². The molecule has 0 heterocycles. The van der Waals surface area contributed by atoms with Gasteiger partial charge in [0.1, 0.15) is 0 Å². The molecule has 0 nitrogen and oxygen atoms in total. The molecule has 73 valence electrons. The second-order valence-corrected chi connectivity index (χ2v) is 3.91. The van der Waals surface area contributed by atoms with E-state index in [-0.39, 0.29) is 0 Å². The molecular weight excluding hydrogens is 144 g/mol. The largest absolute Gasteiger partial charge is 0.0654 e. The summed E-state index contributed by atoms with van der Waals surface area (Å²) >= 11 is 0. The van der Waals surface area contributed by atoms with Crippen LogP contribution < -0.4 is 0 Å². The fourth-order valence-corrected chi connectivity index (χ4v) is 2.01. The van der Waals surface area contributed by atoms with Gasteiger partial charge in [-0.25, -0.2) is 0 Å². The van der Waals surface area contributed by atoms with Crippen LogP contribution in [0.5, 0.6) is 0 Å². The first-order valence-corrected chi connectivity index (χ1v) is 5.54. The Hall–Kier alpha value is 0. The summed E-state index contributed by atoms with van der Waals surface area (Å²) in [5.74, 6) is 0. The van der Waals surface area contributed by atoms with Gasteiger partial charge in [-0.1, -0.05) is 59.8 Å². The first-order valence-electron chi connectivity index (χ1n) is 5.54. The predicted octanol–water partition coefficient (Wildman–Crippen LogP) is 4.60. The maximum Gasteiger partial charge on any atom is -0.0303 e. The van der Waals surface area contributed by atoms with Gasteiger partial charge in [-0.3, -0.25) is 0 Å². The molecule has 0 saturated carbocycles. The molecule has 0 bridgehead atoms.